The van der Waals surface area contributed by atoms with Gasteiger partial charge in [0.2, 0.25) is 5.91 Å². The summed E-state index contributed by atoms with van der Waals surface area (Å²) in [6.07, 6.45) is 2.41. The molecule has 2 aliphatic rings. The van der Waals surface area contributed by atoms with Gasteiger partial charge < -0.3 is 15.5 Å². The molecule has 1 aromatic rings. The molecule has 4 nitrogen and oxygen atoms in total. The number of rotatable bonds is 2. The van der Waals surface area contributed by atoms with E-state index in [1.165, 1.54) is 18.5 Å². The van der Waals surface area contributed by atoms with Crippen LogP contribution in [0.3, 0.4) is 0 Å². The molecule has 2 N–H and O–H groups in total. The molecule has 0 aromatic heterocycles. The lowest BCUT2D eigenvalue weighted by atomic mass is 10.0. The molecule has 2 heterocycles. The smallest absolute Gasteiger partial charge is 0.246 e. The van der Waals surface area contributed by atoms with E-state index in [0.29, 0.717) is 0 Å². The lowest BCUT2D eigenvalue weighted by molar-refractivity contribution is -0.117. The fraction of sp³-hybridized carbons (Fsp3) is 0.533. The van der Waals surface area contributed by atoms with Gasteiger partial charge in [-0.15, -0.1) is 0 Å². The maximum absolute atomic E-state index is 11.9. The molecule has 1 fully saturated rings. The summed E-state index contributed by atoms with van der Waals surface area (Å²) in [5.74, 6) is 0.0206. The second kappa shape index (κ2) is 4.74. The molecule has 5 heteroatoms. The van der Waals surface area contributed by atoms with Crippen LogP contribution >= 0.6 is 15.9 Å². The normalized spacial score (nSPS) is 23.9. The predicted molar refractivity (Wildman–Crippen MR) is 85.2 cm³/mol. The molecule has 1 saturated heterocycles. The highest BCUT2D eigenvalue weighted by Gasteiger charge is 2.35. The molecule has 0 radical (unpaired) electrons. The van der Waals surface area contributed by atoms with Crippen LogP contribution in [0.5, 0.6) is 0 Å². The summed E-state index contributed by atoms with van der Waals surface area (Å²) in [6, 6.07) is 3.92. The molecule has 1 aromatic carbocycles. The quantitative estimate of drug-likeness (QED) is 0.871. The highest BCUT2D eigenvalue weighted by Crippen LogP contribution is 2.43. The lowest BCUT2D eigenvalue weighted by Crippen LogP contribution is -2.38. The number of fused-ring (bicyclic) bond motifs is 1. The Labute approximate surface area is 128 Å². The minimum absolute atomic E-state index is 0.0206. The molecule has 0 bridgehead atoms. The number of nitrogens with one attached hydrogen (secondary N) is 2. The van der Waals surface area contributed by atoms with Crippen molar-refractivity contribution in [2.75, 3.05) is 23.8 Å². The van der Waals surface area contributed by atoms with Gasteiger partial charge in [-0.1, -0.05) is 0 Å². The van der Waals surface area contributed by atoms with Crippen LogP contribution in [-0.4, -0.2) is 25.0 Å². The maximum Gasteiger partial charge on any atom is 0.246 e. The third-order valence-corrected chi connectivity index (χ3v) is 5.07. The van der Waals surface area contributed by atoms with Crippen molar-refractivity contribution in [1.82, 2.24) is 5.32 Å². The number of likely N-dealkylation sites (N-methyl/N-ethyl adjacent to an activating group) is 1. The molecule has 1 unspecified atom stereocenters. The van der Waals surface area contributed by atoms with E-state index >= 15 is 0 Å². The van der Waals surface area contributed by atoms with Crippen molar-refractivity contribution in [2.45, 2.75) is 38.3 Å². The van der Waals surface area contributed by atoms with Gasteiger partial charge in [-0.2, -0.15) is 0 Å². The van der Waals surface area contributed by atoms with Crippen LogP contribution < -0.4 is 15.5 Å². The van der Waals surface area contributed by atoms with E-state index in [0.717, 1.165) is 22.3 Å². The van der Waals surface area contributed by atoms with Crippen molar-refractivity contribution in [1.29, 1.82) is 0 Å². The minimum atomic E-state index is -0.248. The summed E-state index contributed by atoms with van der Waals surface area (Å²) < 4.78 is 1.06. The Hall–Kier alpha value is -1.07. The first-order chi connectivity index (χ1) is 9.44. The number of carbonyl (C=O) groups is 1. The summed E-state index contributed by atoms with van der Waals surface area (Å²) in [5.41, 5.74) is 3.28. The minimum Gasteiger partial charge on any atom is -0.365 e. The average Bonchev–Trinajstić information content (AvgIpc) is 2.87. The molecule has 0 saturated carbocycles. The zero-order valence-corrected chi connectivity index (χ0v) is 13.7. The second-order valence-electron chi connectivity index (χ2n) is 6.17. The topological polar surface area (TPSA) is 44.4 Å². The second-order valence-corrected chi connectivity index (χ2v) is 7.02. The van der Waals surface area contributed by atoms with E-state index in [4.69, 9.17) is 0 Å². The Kier molecular flexibility index (Phi) is 3.29. The van der Waals surface area contributed by atoms with E-state index in [1.807, 2.05) is 7.05 Å². The number of anilines is 2. The summed E-state index contributed by atoms with van der Waals surface area (Å²) >= 11 is 3.68. The van der Waals surface area contributed by atoms with Gasteiger partial charge in [0.05, 0.1) is 5.69 Å². The van der Waals surface area contributed by atoms with Crippen LogP contribution in [0.25, 0.3) is 0 Å². The van der Waals surface area contributed by atoms with Gasteiger partial charge in [0, 0.05) is 27.8 Å². The molecule has 108 valence electrons. The van der Waals surface area contributed by atoms with Crippen molar-refractivity contribution in [3.8, 4) is 0 Å². The summed E-state index contributed by atoms with van der Waals surface area (Å²) in [4.78, 5) is 14.4. The van der Waals surface area contributed by atoms with Crippen molar-refractivity contribution in [2.24, 2.45) is 0 Å². The zero-order chi connectivity index (χ0) is 14.5. The van der Waals surface area contributed by atoms with Gasteiger partial charge in [0.25, 0.3) is 0 Å². The first kappa shape index (κ1) is 13.9. The van der Waals surface area contributed by atoms with E-state index in [2.05, 4.69) is 57.4 Å². The number of hydrogen-bond donors (Lipinski definition) is 2. The highest BCUT2D eigenvalue weighted by atomic mass is 79.9. The number of carbonyl (C=O) groups excluding carboxylic acids is 1. The molecule has 1 amide bonds. The van der Waals surface area contributed by atoms with Gasteiger partial charge in [0.1, 0.15) is 6.04 Å². The third-order valence-electron chi connectivity index (χ3n) is 4.43. The van der Waals surface area contributed by atoms with Crippen molar-refractivity contribution >= 4 is 33.2 Å². The van der Waals surface area contributed by atoms with Gasteiger partial charge in [0.15, 0.2) is 0 Å². The van der Waals surface area contributed by atoms with Gasteiger partial charge >= 0.3 is 0 Å². The maximum atomic E-state index is 11.9. The van der Waals surface area contributed by atoms with E-state index in [9.17, 15) is 4.79 Å². The van der Waals surface area contributed by atoms with Gasteiger partial charge in [-0.25, -0.2) is 0 Å². The van der Waals surface area contributed by atoms with Crippen molar-refractivity contribution < 1.29 is 4.79 Å². The number of amides is 1. The summed E-state index contributed by atoms with van der Waals surface area (Å²) in [7, 11) is 1.81. The molecule has 2 aliphatic heterocycles. The van der Waals surface area contributed by atoms with Crippen LogP contribution in [-0.2, 0) is 4.79 Å². The lowest BCUT2D eigenvalue weighted by Gasteiger charge is -2.34. The molecular weight excluding hydrogens is 318 g/mol. The zero-order valence-electron chi connectivity index (χ0n) is 12.1. The van der Waals surface area contributed by atoms with Crippen LogP contribution in [0, 0.1) is 0 Å². The predicted octanol–water partition coefficient (Wildman–Crippen LogP) is 3.04. The Bertz CT molecular complexity index is 570. The summed E-state index contributed by atoms with van der Waals surface area (Å²) in [5, 5.41) is 6.02. The number of hydrogen-bond acceptors (Lipinski definition) is 3. The standard InChI is InChI=1S/C15H20BrN3O/c1-15(2)5-4-6-19(15)12-8-11-9(7-10(12)16)13(17-3)14(20)18-11/h7-8,13,17H,4-6H2,1-3H3,(H,18,20). The fourth-order valence-electron chi connectivity index (χ4n) is 3.32. The Morgan fingerprint density at radius 1 is 1.45 bits per heavy atom. The Balaban J connectivity index is 2.04. The number of nitrogens with zero attached hydrogens (tertiary/aromatic N) is 1. The molecule has 1 atom stereocenters. The molecule has 0 aliphatic carbocycles. The van der Waals surface area contributed by atoms with Gasteiger partial charge in [-0.05, 0) is 61.8 Å². The van der Waals surface area contributed by atoms with E-state index < -0.39 is 0 Å². The number of halogens is 1. The van der Waals surface area contributed by atoms with Crippen LogP contribution in [0.15, 0.2) is 16.6 Å². The van der Waals surface area contributed by atoms with Crippen molar-refractivity contribution in [3.05, 3.63) is 22.2 Å². The summed E-state index contributed by atoms with van der Waals surface area (Å²) in [6.45, 7) is 5.61. The largest absolute Gasteiger partial charge is 0.365 e. The molecule has 20 heavy (non-hydrogen) atoms. The Morgan fingerprint density at radius 3 is 2.80 bits per heavy atom. The monoisotopic (exact) mass is 337 g/mol. The number of benzene rings is 1. The molecular formula is C15H20BrN3O. The van der Waals surface area contributed by atoms with Crippen molar-refractivity contribution in [3.63, 3.8) is 0 Å². The molecule has 3 rings (SSSR count). The van der Waals surface area contributed by atoms with Gasteiger partial charge in [-0.3, -0.25) is 4.79 Å². The third kappa shape index (κ3) is 2.04. The SMILES string of the molecule is CNC1C(=O)Nc2cc(N3CCCC3(C)C)c(Br)cc21. The first-order valence-corrected chi connectivity index (χ1v) is 7.82. The van der Waals surface area contributed by atoms with Crippen LogP contribution in [0.4, 0.5) is 11.4 Å². The fourth-order valence-corrected chi connectivity index (χ4v) is 3.89. The first-order valence-electron chi connectivity index (χ1n) is 7.03. The van der Waals surface area contributed by atoms with E-state index in [1.54, 1.807) is 0 Å². The Morgan fingerprint density at radius 2 is 2.20 bits per heavy atom. The van der Waals surface area contributed by atoms with Crippen LogP contribution in [0.1, 0.15) is 38.3 Å². The molecule has 0 spiro atoms. The van der Waals surface area contributed by atoms with E-state index in [-0.39, 0.29) is 17.5 Å². The average molecular weight is 338 g/mol. The van der Waals surface area contributed by atoms with Crippen LogP contribution in [0.2, 0.25) is 0 Å². The highest BCUT2D eigenvalue weighted by molar-refractivity contribution is 9.10.